The van der Waals surface area contributed by atoms with Gasteiger partial charge in [0.05, 0.1) is 5.41 Å². The standard InChI is InChI=1S/C12H23NO3/c1-6-9(3)13(7-2)10(14)8-12(4,5)11(15)16/h9H,6-8H2,1-5H3,(H,15,16). The maximum atomic E-state index is 12.0. The first-order chi connectivity index (χ1) is 7.26. The van der Waals surface area contributed by atoms with Crippen molar-refractivity contribution in [1.29, 1.82) is 0 Å². The number of hydrogen-bond acceptors (Lipinski definition) is 2. The van der Waals surface area contributed by atoms with Gasteiger partial charge in [-0.2, -0.15) is 0 Å². The van der Waals surface area contributed by atoms with Gasteiger partial charge >= 0.3 is 5.97 Å². The van der Waals surface area contributed by atoms with Crippen molar-refractivity contribution in [3.63, 3.8) is 0 Å². The molecule has 0 aromatic heterocycles. The first-order valence-corrected chi connectivity index (χ1v) is 5.79. The fourth-order valence-corrected chi connectivity index (χ4v) is 1.51. The molecule has 0 aromatic rings. The van der Waals surface area contributed by atoms with E-state index in [1.165, 1.54) is 0 Å². The molecule has 0 heterocycles. The Balaban J connectivity index is 4.61. The van der Waals surface area contributed by atoms with Crippen LogP contribution in [0.3, 0.4) is 0 Å². The quantitative estimate of drug-likeness (QED) is 0.759. The summed E-state index contributed by atoms with van der Waals surface area (Å²) in [5, 5.41) is 8.97. The van der Waals surface area contributed by atoms with Crippen LogP contribution >= 0.6 is 0 Å². The third kappa shape index (κ3) is 3.83. The fourth-order valence-electron chi connectivity index (χ4n) is 1.51. The van der Waals surface area contributed by atoms with Crippen LogP contribution in [0.5, 0.6) is 0 Å². The van der Waals surface area contributed by atoms with Crippen molar-refractivity contribution in [3.05, 3.63) is 0 Å². The van der Waals surface area contributed by atoms with Crippen molar-refractivity contribution < 1.29 is 14.7 Å². The average Bonchev–Trinajstić information content (AvgIpc) is 2.17. The molecule has 1 amide bonds. The lowest BCUT2D eigenvalue weighted by Gasteiger charge is -2.30. The monoisotopic (exact) mass is 229 g/mol. The summed E-state index contributed by atoms with van der Waals surface area (Å²) in [6.07, 6.45) is 0.938. The maximum Gasteiger partial charge on any atom is 0.309 e. The number of carboxylic acids is 1. The molecule has 0 aliphatic heterocycles. The van der Waals surface area contributed by atoms with Crippen LogP contribution < -0.4 is 0 Å². The number of hydrogen-bond donors (Lipinski definition) is 1. The first kappa shape index (κ1) is 14.9. The van der Waals surface area contributed by atoms with Crippen molar-refractivity contribution in [3.8, 4) is 0 Å². The Morgan fingerprint density at radius 3 is 2.12 bits per heavy atom. The molecule has 94 valence electrons. The summed E-state index contributed by atoms with van der Waals surface area (Å²) in [6.45, 7) is 9.70. The lowest BCUT2D eigenvalue weighted by atomic mass is 9.88. The highest BCUT2D eigenvalue weighted by atomic mass is 16.4. The van der Waals surface area contributed by atoms with Crippen LogP contribution in [0.4, 0.5) is 0 Å². The molecule has 0 radical (unpaired) electrons. The zero-order valence-electron chi connectivity index (χ0n) is 10.9. The van der Waals surface area contributed by atoms with E-state index in [0.717, 1.165) is 6.42 Å². The Morgan fingerprint density at radius 2 is 1.81 bits per heavy atom. The Labute approximate surface area is 97.6 Å². The largest absolute Gasteiger partial charge is 0.481 e. The number of amides is 1. The van der Waals surface area contributed by atoms with Crippen molar-refractivity contribution in [2.24, 2.45) is 5.41 Å². The highest BCUT2D eigenvalue weighted by Gasteiger charge is 2.32. The molecule has 1 unspecified atom stereocenters. The van der Waals surface area contributed by atoms with Gasteiger partial charge in [0.15, 0.2) is 0 Å². The second-order valence-corrected chi connectivity index (χ2v) is 4.80. The van der Waals surface area contributed by atoms with Crippen molar-refractivity contribution in [2.75, 3.05) is 6.54 Å². The van der Waals surface area contributed by atoms with E-state index in [1.807, 2.05) is 20.8 Å². The van der Waals surface area contributed by atoms with Crippen LogP contribution in [-0.2, 0) is 9.59 Å². The second-order valence-electron chi connectivity index (χ2n) is 4.80. The molecule has 1 atom stereocenters. The molecule has 0 bridgehead atoms. The summed E-state index contributed by atoms with van der Waals surface area (Å²) in [6, 6.07) is 0.169. The van der Waals surface area contributed by atoms with Gasteiger partial charge in [-0.15, -0.1) is 0 Å². The maximum absolute atomic E-state index is 12.0. The normalized spacial score (nSPS) is 13.3. The summed E-state index contributed by atoms with van der Waals surface area (Å²) < 4.78 is 0. The summed E-state index contributed by atoms with van der Waals surface area (Å²) >= 11 is 0. The minimum Gasteiger partial charge on any atom is -0.481 e. The molecule has 1 N–H and O–H groups in total. The van der Waals surface area contributed by atoms with Crippen molar-refractivity contribution in [2.45, 2.75) is 53.5 Å². The highest BCUT2D eigenvalue weighted by Crippen LogP contribution is 2.22. The molecule has 0 saturated carbocycles. The molecule has 0 rings (SSSR count). The average molecular weight is 229 g/mol. The zero-order valence-corrected chi connectivity index (χ0v) is 10.9. The zero-order chi connectivity index (χ0) is 12.9. The lowest BCUT2D eigenvalue weighted by molar-refractivity contribution is -0.152. The Morgan fingerprint density at radius 1 is 1.31 bits per heavy atom. The Bertz CT molecular complexity index is 261. The van der Waals surface area contributed by atoms with E-state index in [-0.39, 0.29) is 18.4 Å². The van der Waals surface area contributed by atoms with Gasteiger partial charge in [-0.3, -0.25) is 9.59 Å². The number of carboxylic acid groups (broad SMARTS) is 1. The van der Waals surface area contributed by atoms with Crippen molar-refractivity contribution in [1.82, 2.24) is 4.90 Å². The van der Waals surface area contributed by atoms with Crippen LogP contribution in [-0.4, -0.2) is 34.5 Å². The molecule has 0 aliphatic rings. The molecule has 16 heavy (non-hydrogen) atoms. The van der Waals surface area contributed by atoms with E-state index >= 15 is 0 Å². The summed E-state index contributed by atoms with van der Waals surface area (Å²) in [5.41, 5.74) is -0.988. The SMILES string of the molecule is CCC(C)N(CC)C(=O)CC(C)(C)C(=O)O. The number of nitrogens with zero attached hydrogens (tertiary/aromatic N) is 1. The summed E-state index contributed by atoms with van der Waals surface area (Å²) in [7, 11) is 0. The number of carbonyl (C=O) groups excluding carboxylic acids is 1. The Kier molecular flexibility index (Phi) is 5.48. The van der Waals surface area contributed by atoms with E-state index in [2.05, 4.69) is 0 Å². The van der Waals surface area contributed by atoms with E-state index in [1.54, 1.807) is 18.7 Å². The Hall–Kier alpha value is -1.06. The second kappa shape index (κ2) is 5.87. The molecule has 4 heteroatoms. The fraction of sp³-hybridized carbons (Fsp3) is 0.833. The molecule has 0 spiro atoms. The number of rotatable bonds is 6. The van der Waals surface area contributed by atoms with E-state index < -0.39 is 11.4 Å². The number of aliphatic carboxylic acids is 1. The molecule has 0 aliphatic carbocycles. The van der Waals surface area contributed by atoms with Gasteiger partial charge in [-0.05, 0) is 34.1 Å². The van der Waals surface area contributed by atoms with E-state index in [4.69, 9.17) is 5.11 Å². The van der Waals surface area contributed by atoms with E-state index in [0.29, 0.717) is 6.54 Å². The van der Waals surface area contributed by atoms with Gasteiger partial charge in [-0.1, -0.05) is 6.92 Å². The van der Waals surface area contributed by atoms with E-state index in [9.17, 15) is 9.59 Å². The van der Waals surface area contributed by atoms with Gasteiger partial charge < -0.3 is 10.0 Å². The van der Waals surface area contributed by atoms with Crippen LogP contribution in [0.15, 0.2) is 0 Å². The number of carbonyl (C=O) groups is 2. The topological polar surface area (TPSA) is 57.6 Å². The highest BCUT2D eigenvalue weighted by molar-refractivity contribution is 5.84. The predicted octanol–water partition coefficient (Wildman–Crippen LogP) is 2.13. The molecular weight excluding hydrogens is 206 g/mol. The van der Waals surface area contributed by atoms with Gasteiger partial charge in [0, 0.05) is 19.0 Å². The molecule has 0 fully saturated rings. The minimum absolute atomic E-state index is 0.0561. The smallest absolute Gasteiger partial charge is 0.309 e. The van der Waals surface area contributed by atoms with Crippen LogP contribution in [0.2, 0.25) is 0 Å². The van der Waals surface area contributed by atoms with Crippen LogP contribution in [0.25, 0.3) is 0 Å². The van der Waals surface area contributed by atoms with Gasteiger partial charge in [0.1, 0.15) is 0 Å². The van der Waals surface area contributed by atoms with Gasteiger partial charge in [0.25, 0.3) is 0 Å². The third-order valence-corrected chi connectivity index (χ3v) is 2.96. The van der Waals surface area contributed by atoms with Crippen molar-refractivity contribution >= 4 is 11.9 Å². The lowest BCUT2D eigenvalue weighted by Crippen LogP contribution is -2.41. The predicted molar refractivity (Wildman–Crippen MR) is 63.2 cm³/mol. The van der Waals surface area contributed by atoms with Crippen LogP contribution in [0, 0.1) is 5.41 Å². The summed E-state index contributed by atoms with van der Waals surface area (Å²) in [4.78, 5) is 24.6. The third-order valence-electron chi connectivity index (χ3n) is 2.96. The molecule has 0 aromatic carbocycles. The summed E-state index contributed by atoms with van der Waals surface area (Å²) in [5.74, 6) is -1.01. The minimum atomic E-state index is -0.988. The molecular formula is C12H23NO3. The van der Waals surface area contributed by atoms with Gasteiger partial charge in [0.2, 0.25) is 5.91 Å². The molecule has 4 nitrogen and oxygen atoms in total. The van der Waals surface area contributed by atoms with Gasteiger partial charge in [-0.25, -0.2) is 0 Å². The first-order valence-electron chi connectivity index (χ1n) is 5.79. The van der Waals surface area contributed by atoms with Crippen LogP contribution in [0.1, 0.15) is 47.5 Å². The molecule has 0 saturated heterocycles.